The van der Waals surface area contributed by atoms with E-state index in [0.29, 0.717) is 26.4 Å². The standard InChI is InChI=1S/C17H10BrClN2OS/c1-2-9-21-14-8-7-11(19)10-15(14)23-17(21)20-16(22)12-5-3-4-6-13(12)18/h1,3-8,10H,9H2. The molecule has 0 saturated heterocycles. The van der Waals surface area contributed by atoms with E-state index in [4.69, 9.17) is 18.0 Å². The number of carbonyl (C=O) groups is 1. The van der Waals surface area contributed by atoms with Crippen molar-refractivity contribution in [3.8, 4) is 12.3 Å². The molecule has 3 rings (SSSR count). The van der Waals surface area contributed by atoms with Gasteiger partial charge in [-0.1, -0.05) is 41.0 Å². The number of aromatic nitrogens is 1. The summed E-state index contributed by atoms with van der Waals surface area (Å²) in [6.07, 6.45) is 5.45. The molecule has 3 nitrogen and oxygen atoms in total. The SMILES string of the molecule is C#CCn1c(=NC(=O)c2ccccc2Br)sc2cc(Cl)ccc21. The quantitative estimate of drug-likeness (QED) is 0.578. The largest absolute Gasteiger partial charge is 0.305 e. The summed E-state index contributed by atoms with van der Waals surface area (Å²) in [4.78, 5) is 17.3. The molecule has 0 spiro atoms. The number of halogens is 2. The Labute approximate surface area is 150 Å². The van der Waals surface area contributed by atoms with E-state index < -0.39 is 0 Å². The molecule has 0 radical (unpaired) electrons. The first-order chi connectivity index (χ1) is 11.1. The topological polar surface area (TPSA) is 34.4 Å². The molecule has 1 aromatic heterocycles. The van der Waals surface area contributed by atoms with Crippen LogP contribution in [0.2, 0.25) is 5.02 Å². The number of terminal acetylenes is 1. The van der Waals surface area contributed by atoms with E-state index in [1.54, 1.807) is 18.2 Å². The number of carbonyl (C=O) groups excluding carboxylic acids is 1. The number of hydrogen-bond donors (Lipinski definition) is 0. The molecule has 23 heavy (non-hydrogen) atoms. The third-order valence-electron chi connectivity index (χ3n) is 3.20. The zero-order valence-electron chi connectivity index (χ0n) is 11.8. The van der Waals surface area contributed by atoms with Gasteiger partial charge in [-0.3, -0.25) is 4.79 Å². The molecule has 0 aliphatic heterocycles. The molecule has 0 N–H and O–H groups in total. The number of rotatable bonds is 2. The summed E-state index contributed by atoms with van der Waals surface area (Å²) in [5.74, 6) is 2.28. The number of nitrogens with zero attached hydrogens (tertiary/aromatic N) is 2. The van der Waals surface area contributed by atoms with E-state index in [1.807, 2.05) is 28.8 Å². The van der Waals surface area contributed by atoms with Gasteiger partial charge in [-0.05, 0) is 46.3 Å². The number of amides is 1. The summed E-state index contributed by atoms with van der Waals surface area (Å²) in [5, 5.41) is 0.635. The summed E-state index contributed by atoms with van der Waals surface area (Å²) in [7, 11) is 0. The molecule has 1 heterocycles. The molecular formula is C17H10BrClN2OS. The van der Waals surface area contributed by atoms with Crippen LogP contribution in [0.3, 0.4) is 0 Å². The summed E-state index contributed by atoms with van der Waals surface area (Å²) in [6.45, 7) is 0.337. The summed E-state index contributed by atoms with van der Waals surface area (Å²) in [6, 6.07) is 12.7. The van der Waals surface area contributed by atoms with Crippen molar-refractivity contribution in [2.45, 2.75) is 6.54 Å². The fourth-order valence-electron chi connectivity index (χ4n) is 2.16. The van der Waals surface area contributed by atoms with Crippen LogP contribution in [0.1, 0.15) is 10.4 Å². The molecule has 6 heteroatoms. The van der Waals surface area contributed by atoms with Crippen LogP contribution in [0.5, 0.6) is 0 Å². The average Bonchev–Trinajstić information content (AvgIpc) is 2.84. The predicted octanol–water partition coefficient (Wildman–Crippen LogP) is 4.49. The highest BCUT2D eigenvalue weighted by atomic mass is 79.9. The van der Waals surface area contributed by atoms with Crippen molar-refractivity contribution in [3.63, 3.8) is 0 Å². The maximum Gasteiger partial charge on any atom is 0.280 e. The second-order valence-corrected chi connectivity index (χ2v) is 6.98. The Bertz CT molecular complexity index is 1010. The molecule has 1 amide bonds. The summed E-state index contributed by atoms with van der Waals surface area (Å²) in [5.41, 5.74) is 1.42. The van der Waals surface area contributed by atoms with Crippen LogP contribution in [0.4, 0.5) is 0 Å². The van der Waals surface area contributed by atoms with Crippen molar-refractivity contribution in [1.29, 1.82) is 0 Å². The predicted molar refractivity (Wildman–Crippen MR) is 97.7 cm³/mol. The number of thiazole rings is 1. The Kier molecular flexibility index (Phi) is 4.67. The first-order valence-corrected chi connectivity index (χ1v) is 8.65. The van der Waals surface area contributed by atoms with E-state index in [0.717, 1.165) is 10.2 Å². The fraction of sp³-hybridized carbons (Fsp3) is 0.0588. The lowest BCUT2D eigenvalue weighted by Crippen LogP contribution is -2.16. The maximum absolute atomic E-state index is 12.5. The van der Waals surface area contributed by atoms with E-state index in [9.17, 15) is 4.79 Å². The van der Waals surface area contributed by atoms with Gasteiger partial charge in [0.2, 0.25) is 0 Å². The number of hydrogen-bond acceptors (Lipinski definition) is 2. The summed E-state index contributed by atoms with van der Waals surface area (Å²) < 4.78 is 3.48. The normalized spacial score (nSPS) is 11.6. The minimum atomic E-state index is -0.319. The van der Waals surface area contributed by atoms with Gasteiger partial charge in [0.25, 0.3) is 5.91 Å². The summed E-state index contributed by atoms with van der Waals surface area (Å²) >= 11 is 10.8. The van der Waals surface area contributed by atoms with Gasteiger partial charge in [0.05, 0.1) is 22.3 Å². The smallest absolute Gasteiger partial charge is 0.280 e. The van der Waals surface area contributed by atoms with Gasteiger partial charge >= 0.3 is 0 Å². The van der Waals surface area contributed by atoms with Gasteiger partial charge in [0, 0.05) is 9.50 Å². The molecule has 3 aromatic rings. The van der Waals surface area contributed by atoms with Crippen molar-refractivity contribution < 1.29 is 4.79 Å². The van der Waals surface area contributed by atoms with Gasteiger partial charge < -0.3 is 4.57 Å². The van der Waals surface area contributed by atoms with Gasteiger partial charge in [-0.2, -0.15) is 4.99 Å². The van der Waals surface area contributed by atoms with E-state index in [-0.39, 0.29) is 5.91 Å². The van der Waals surface area contributed by atoms with E-state index in [1.165, 1.54) is 11.3 Å². The minimum Gasteiger partial charge on any atom is -0.305 e. The lowest BCUT2D eigenvalue weighted by atomic mass is 10.2. The fourth-order valence-corrected chi connectivity index (χ4v) is 3.92. The third-order valence-corrected chi connectivity index (χ3v) is 5.16. The van der Waals surface area contributed by atoms with Crippen LogP contribution in [-0.2, 0) is 6.54 Å². The molecule has 0 saturated carbocycles. The molecule has 0 atom stereocenters. The second-order valence-electron chi connectivity index (χ2n) is 4.68. The minimum absolute atomic E-state index is 0.319. The van der Waals surface area contributed by atoms with Crippen LogP contribution in [0.15, 0.2) is 51.9 Å². The highest BCUT2D eigenvalue weighted by Crippen LogP contribution is 2.22. The lowest BCUT2D eigenvalue weighted by molar-refractivity contribution is 0.0997. The van der Waals surface area contributed by atoms with Crippen LogP contribution in [-0.4, -0.2) is 10.5 Å². The van der Waals surface area contributed by atoms with E-state index >= 15 is 0 Å². The highest BCUT2D eigenvalue weighted by Gasteiger charge is 2.11. The van der Waals surface area contributed by atoms with E-state index in [2.05, 4.69) is 26.8 Å². The highest BCUT2D eigenvalue weighted by molar-refractivity contribution is 9.10. The third kappa shape index (κ3) is 3.25. The van der Waals surface area contributed by atoms with Crippen LogP contribution in [0, 0.1) is 12.3 Å². The average molecular weight is 406 g/mol. The van der Waals surface area contributed by atoms with Crippen molar-refractivity contribution in [2.24, 2.45) is 4.99 Å². The Hall–Kier alpha value is -1.87. The maximum atomic E-state index is 12.5. The van der Waals surface area contributed by atoms with Crippen molar-refractivity contribution in [1.82, 2.24) is 4.57 Å². The molecular weight excluding hydrogens is 396 g/mol. The number of benzene rings is 2. The van der Waals surface area contributed by atoms with Crippen molar-refractivity contribution in [3.05, 3.63) is 62.3 Å². The Morgan fingerprint density at radius 1 is 1.35 bits per heavy atom. The molecule has 2 aromatic carbocycles. The zero-order valence-corrected chi connectivity index (χ0v) is 15.0. The Morgan fingerprint density at radius 2 is 2.13 bits per heavy atom. The molecule has 0 bridgehead atoms. The first-order valence-electron chi connectivity index (χ1n) is 6.66. The molecule has 114 valence electrons. The lowest BCUT2D eigenvalue weighted by Gasteiger charge is -2.00. The van der Waals surface area contributed by atoms with Crippen molar-refractivity contribution >= 4 is 55.0 Å². The molecule has 0 aliphatic carbocycles. The Balaban J connectivity index is 2.19. The Morgan fingerprint density at radius 3 is 2.87 bits per heavy atom. The second kappa shape index (κ2) is 6.71. The molecule has 0 fully saturated rings. The van der Waals surface area contributed by atoms with Gasteiger partial charge in [0.15, 0.2) is 4.80 Å². The van der Waals surface area contributed by atoms with Crippen LogP contribution < -0.4 is 4.80 Å². The van der Waals surface area contributed by atoms with Crippen LogP contribution >= 0.6 is 38.9 Å². The molecule has 0 unspecified atom stereocenters. The monoisotopic (exact) mass is 404 g/mol. The number of fused-ring (bicyclic) bond motifs is 1. The van der Waals surface area contributed by atoms with Gasteiger partial charge in [-0.25, -0.2) is 0 Å². The van der Waals surface area contributed by atoms with Gasteiger partial charge in [-0.15, -0.1) is 6.42 Å². The first kappa shape index (κ1) is 16.0. The molecule has 0 aliphatic rings. The zero-order chi connectivity index (χ0) is 16.4. The van der Waals surface area contributed by atoms with Gasteiger partial charge in [0.1, 0.15) is 0 Å². The van der Waals surface area contributed by atoms with Crippen LogP contribution in [0.25, 0.3) is 10.2 Å². The van der Waals surface area contributed by atoms with Crippen molar-refractivity contribution in [2.75, 3.05) is 0 Å².